The van der Waals surface area contributed by atoms with Gasteiger partial charge in [0.15, 0.2) is 0 Å². The highest BCUT2D eigenvalue weighted by Gasteiger charge is 2.01. The van der Waals surface area contributed by atoms with Crippen molar-refractivity contribution in [2.24, 2.45) is 0 Å². The Morgan fingerprint density at radius 2 is 2.15 bits per heavy atom. The Hall–Kier alpha value is -0.960. The SMILES string of the molecule is CC(CSc1ccccc1)OC=O. The second-order valence-electron chi connectivity index (χ2n) is 2.67. The summed E-state index contributed by atoms with van der Waals surface area (Å²) in [4.78, 5) is 11.2. The number of ether oxygens (including phenoxy) is 1. The van der Waals surface area contributed by atoms with Crippen molar-refractivity contribution in [1.82, 2.24) is 0 Å². The van der Waals surface area contributed by atoms with Crippen LogP contribution in [0.3, 0.4) is 0 Å². The molecule has 13 heavy (non-hydrogen) atoms. The van der Waals surface area contributed by atoms with Crippen LogP contribution in [0.25, 0.3) is 0 Å². The fourth-order valence-electron chi connectivity index (χ4n) is 0.864. The number of hydrogen-bond donors (Lipinski definition) is 0. The lowest BCUT2D eigenvalue weighted by molar-refractivity contribution is -0.131. The number of thioether (sulfide) groups is 1. The van der Waals surface area contributed by atoms with Gasteiger partial charge in [0.1, 0.15) is 6.10 Å². The molecule has 1 rings (SSSR count). The van der Waals surface area contributed by atoms with Crippen LogP contribution in [0, 0.1) is 0 Å². The van der Waals surface area contributed by atoms with E-state index in [4.69, 9.17) is 4.74 Å². The molecule has 2 nitrogen and oxygen atoms in total. The largest absolute Gasteiger partial charge is 0.464 e. The standard InChI is InChI=1S/C10H12O2S/c1-9(12-8-11)7-13-10-5-3-2-4-6-10/h2-6,8-9H,7H2,1H3. The highest BCUT2D eigenvalue weighted by atomic mass is 32.2. The van der Waals surface area contributed by atoms with Gasteiger partial charge in [0, 0.05) is 10.6 Å². The molecule has 0 N–H and O–H groups in total. The van der Waals surface area contributed by atoms with Gasteiger partial charge in [-0.25, -0.2) is 0 Å². The molecule has 1 aromatic rings. The van der Waals surface area contributed by atoms with Gasteiger partial charge in [0.05, 0.1) is 0 Å². The van der Waals surface area contributed by atoms with Crippen molar-refractivity contribution >= 4 is 18.2 Å². The first kappa shape index (κ1) is 10.1. The predicted octanol–water partition coefficient (Wildman–Crippen LogP) is 2.34. The van der Waals surface area contributed by atoms with Crippen molar-refractivity contribution in [2.45, 2.75) is 17.9 Å². The van der Waals surface area contributed by atoms with Crippen LogP contribution in [0.1, 0.15) is 6.92 Å². The summed E-state index contributed by atoms with van der Waals surface area (Å²) in [5, 5.41) is 0. The van der Waals surface area contributed by atoms with Gasteiger partial charge in [-0.2, -0.15) is 0 Å². The molecular weight excluding hydrogens is 184 g/mol. The molecule has 0 saturated carbocycles. The topological polar surface area (TPSA) is 26.3 Å². The maximum absolute atomic E-state index is 10.00. The minimum Gasteiger partial charge on any atom is -0.464 e. The van der Waals surface area contributed by atoms with Gasteiger partial charge in [-0.1, -0.05) is 18.2 Å². The van der Waals surface area contributed by atoms with Crippen molar-refractivity contribution in [2.75, 3.05) is 5.75 Å². The lowest BCUT2D eigenvalue weighted by atomic mass is 10.4. The van der Waals surface area contributed by atoms with Gasteiger partial charge in [-0.3, -0.25) is 4.79 Å². The van der Waals surface area contributed by atoms with E-state index in [0.29, 0.717) is 6.47 Å². The van der Waals surface area contributed by atoms with E-state index in [9.17, 15) is 4.79 Å². The zero-order valence-electron chi connectivity index (χ0n) is 7.47. The average Bonchev–Trinajstić information content (AvgIpc) is 2.17. The van der Waals surface area contributed by atoms with E-state index in [0.717, 1.165) is 5.75 Å². The fraction of sp³-hybridized carbons (Fsp3) is 0.300. The van der Waals surface area contributed by atoms with Crippen LogP contribution in [0.2, 0.25) is 0 Å². The first-order valence-corrected chi connectivity index (χ1v) is 5.08. The third kappa shape index (κ3) is 3.99. The average molecular weight is 196 g/mol. The monoisotopic (exact) mass is 196 g/mol. The zero-order chi connectivity index (χ0) is 9.52. The van der Waals surface area contributed by atoms with Gasteiger partial charge in [0.25, 0.3) is 6.47 Å². The Kier molecular flexibility index (Phi) is 4.40. The fourth-order valence-corrected chi connectivity index (χ4v) is 1.72. The Labute approximate surface area is 82.3 Å². The third-order valence-corrected chi connectivity index (χ3v) is 2.76. The molecule has 0 amide bonds. The molecule has 0 spiro atoms. The molecule has 0 aliphatic heterocycles. The number of rotatable bonds is 5. The van der Waals surface area contributed by atoms with Crippen LogP contribution in [-0.2, 0) is 9.53 Å². The quantitative estimate of drug-likeness (QED) is 0.534. The minimum absolute atomic E-state index is 0.0253. The van der Waals surface area contributed by atoms with Crippen molar-refractivity contribution in [3.8, 4) is 0 Å². The Balaban J connectivity index is 2.30. The van der Waals surface area contributed by atoms with Crippen LogP contribution in [0.15, 0.2) is 35.2 Å². The molecule has 0 saturated heterocycles. The van der Waals surface area contributed by atoms with Crippen molar-refractivity contribution in [1.29, 1.82) is 0 Å². The molecule has 0 radical (unpaired) electrons. The first-order chi connectivity index (χ1) is 6.33. The predicted molar refractivity (Wildman–Crippen MR) is 53.8 cm³/mol. The van der Waals surface area contributed by atoms with Crippen molar-refractivity contribution in [3.05, 3.63) is 30.3 Å². The molecule has 0 aliphatic rings. The number of carbonyl (C=O) groups is 1. The zero-order valence-corrected chi connectivity index (χ0v) is 8.29. The molecule has 3 heteroatoms. The summed E-state index contributed by atoms with van der Waals surface area (Å²) in [5.74, 6) is 0.794. The summed E-state index contributed by atoms with van der Waals surface area (Å²) in [6.45, 7) is 2.38. The highest BCUT2D eigenvalue weighted by molar-refractivity contribution is 7.99. The lowest BCUT2D eigenvalue weighted by Gasteiger charge is -2.08. The van der Waals surface area contributed by atoms with E-state index >= 15 is 0 Å². The first-order valence-electron chi connectivity index (χ1n) is 4.10. The molecule has 70 valence electrons. The summed E-state index contributed by atoms with van der Waals surface area (Å²) in [6, 6.07) is 10.0. The van der Waals surface area contributed by atoms with Crippen LogP contribution >= 0.6 is 11.8 Å². The summed E-state index contributed by atoms with van der Waals surface area (Å²) < 4.78 is 4.76. The maximum Gasteiger partial charge on any atom is 0.293 e. The number of carbonyl (C=O) groups excluding carboxylic acids is 1. The number of benzene rings is 1. The molecule has 0 heterocycles. The molecule has 1 atom stereocenters. The Morgan fingerprint density at radius 3 is 2.77 bits per heavy atom. The molecule has 1 aromatic carbocycles. The van der Waals surface area contributed by atoms with E-state index in [2.05, 4.69) is 0 Å². The summed E-state index contributed by atoms with van der Waals surface area (Å²) in [7, 11) is 0. The van der Waals surface area contributed by atoms with Gasteiger partial charge < -0.3 is 4.74 Å². The van der Waals surface area contributed by atoms with Crippen molar-refractivity contribution < 1.29 is 9.53 Å². The summed E-state index contributed by atoms with van der Waals surface area (Å²) >= 11 is 1.68. The molecule has 1 unspecified atom stereocenters. The smallest absolute Gasteiger partial charge is 0.293 e. The van der Waals surface area contributed by atoms with Crippen LogP contribution in [0.5, 0.6) is 0 Å². The molecule has 0 bridgehead atoms. The second-order valence-corrected chi connectivity index (χ2v) is 3.76. The molecular formula is C10H12O2S. The van der Waals surface area contributed by atoms with E-state index in [1.165, 1.54) is 4.90 Å². The van der Waals surface area contributed by atoms with Crippen molar-refractivity contribution in [3.63, 3.8) is 0 Å². The normalized spacial score (nSPS) is 12.1. The minimum atomic E-state index is -0.0253. The highest BCUT2D eigenvalue weighted by Crippen LogP contribution is 2.18. The van der Waals surface area contributed by atoms with E-state index in [-0.39, 0.29) is 6.10 Å². The summed E-state index contributed by atoms with van der Waals surface area (Å²) in [6.07, 6.45) is -0.0253. The van der Waals surface area contributed by atoms with Crippen LogP contribution in [-0.4, -0.2) is 18.3 Å². The Morgan fingerprint density at radius 1 is 1.46 bits per heavy atom. The van der Waals surface area contributed by atoms with Crippen LogP contribution < -0.4 is 0 Å². The van der Waals surface area contributed by atoms with Gasteiger partial charge >= 0.3 is 0 Å². The van der Waals surface area contributed by atoms with Gasteiger partial charge in [-0.15, -0.1) is 11.8 Å². The molecule has 0 fully saturated rings. The maximum atomic E-state index is 10.00. The van der Waals surface area contributed by atoms with Gasteiger partial charge in [0.2, 0.25) is 0 Å². The third-order valence-electron chi connectivity index (χ3n) is 1.52. The second kappa shape index (κ2) is 5.65. The number of hydrogen-bond acceptors (Lipinski definition) is 3. The molecule has 0 aliphatic carbocycles. The molecule has 0 aromatic heterocycles. The van der Waals surface area contributed by atoms with E-state index in [1.54, 1.807) is 11.8 Å². The summed E-state index contributed by atoms with van der Waals surface area (Å²) in [5.41, 5.74) is 0. The Bertz CT molecular complexity index is 248. The van der Waals surface area contributed by atoms with E-state index in [1.807, 2.05) is 37.3 Å². The van der Waals surface area contributed by atoms with E-state index < -0.39 is 0 Å². The van der Waals surface area contributed by atoms with Gasteiger partial charge in [-0.05, 0) is 19.1 Å². The lowest BCUT2D eigenvalue weighted by Crippen LogP contribution is -2.09. The van der Waals surface area contributed by atoms with Crippen LogP contribution in [0.4, 0.5) is 0 Å².